The predicted octanol–water partition coefficient (Wildman–Crippen LogP) is 4.68. The van der Waals surface area contributed by atoms with Gasteiger partial charge in [-0.05, 0) is 69.2 Å². The van der Waals surface area contributed by atoms with Gasteiger partial charge in [0.05, 0.1) is 0 Å². The normalized spacial score (nSPS) is 19.7. The Morgan fingerprint density at radius 1 is 1.11 bits per heavy atom. The molecule has 150 valence electrons. The summed E-state index contributed by atoms with van der Waals surface area (Å²) >= 11 is 0. The lowest BCUT2D eigenvalue weighted by atomic mass is 9.94. The van der Waals surface area contributed by atoms with Crippen LogP contribution in [0.2, 0.25) is 0 Å². The zero-order chi connectivity index (χ0) is 19.2. The molecule has 3 heteroatoms. The third-order valence-corrected chi connectivity index (χ3v) is 6.66. The standard InChI is InChI=1S/C24H38N2O/c1-19(2)24(27)26(23-10-6-7-11-23)18-21-12-15-25(16-13-21)17-14-22-9-5-4-8-20(22)3/h4-5,8-9,19,21,23H,6-7,10-18H2,1-3H3. The Hall–Kier alpha value is -1.35. The third-order valence-electron chi connectivity index (χ3n) is 6.66. The molecule has 3 nitrogen and oxygen atoms in total. The molecule has 1 amide bonds. The van der Waals surface area contributed by atoms with Crippen molar-refractivity contribution in [2.75, 3.05) is 26.2 Å². The number of piperidine rings is 1. The minimum Gasteiger partial charge on any atom is -0.339 e. The number of benzene rings is 1. The second kappa shape index (κ2) is 9.73. The summed E-state index contributed by atoms with van der Waals surface area (Å²) in [7, 11) is 0. The number of carbonyl (C=O) groups excluding carboxylic acids is 1. The minimum atomic E-state index is 0.125. The summed E-state index contributed by atoms with van der Waals surface area (Å²) in [6.45, 7) is 10.8. The smallest absolute Gasteiger partial charge is 0.225 e. The van der Waals surface area contributed by atoms with E-state index in [1.807, 2.05) is 0 Å². The van der Waals surface area contributed by atoms with Gasteiger partial charge in [0.1, 0.15) is 0 Å². The highest BCUT2D eigenvalue weighted by Crippen LogP contribution is 2.28. The molecule has 2 fully saturated rings. The zero-order valence-electron chi connectivity index (χ0n) is 17.6. The Bertz CT molecular complexity index is 598. The van der Waals surface area contributed by atoms with E-state index in [1.54, 1.807) is 0 Å². The third kappa shape index (κ3) is 5.57. The van der Waals surface area contributed by atoms with E-state index in [-0.39, 0.29) is 5.92 Å². The predicted molar refractivity (Wildman–Crippen MR) is 113 cm³/mol. The van der Waals surface area contributed by atoms with Gasteiger partial charge >= 0.3 is 0 Å². The molecule has 2 aliphatic rings. The van der Waals surface area contributed by atoms with Gasteiger partial charge in [-0.1, -0.05) is 51.0 Å². The van der Waals surface area contributed by atoms with Crippen molar-refractivity contribution in [3.8, 4) is 0 Å². The van der Waals surface area contributed by atoms with E-state index in [0.29, 0.717) is 17.9 Å². The lowest BCUT2D eigenvalue weighted by Gasteiger charge is -2.38. The number of aryl methyl sites for hydroxylation is 1. The highest BCUT2D eigenvalue weighted by Gasteiger charge is 2.31. The molecule has 0 bridgehead atoms. The first-order valence-electron chi connectivity index (χ1n) is 11.1. The quantitative estimate of drug-likeness (QED) is 0.696. The average Bonchev–Trinajstić information content (AvgIpc) is 3.20. The molecule has 0 spiro atoms. The van der Waals surface area contributed by atoms with Crippen molar-refractivity contribution >= 4 is 5.91 Å². The largest absolute Gasteiger partial charge is 0.339 e. The lowest BCUT2D eigenvalue weighted by molar-refractivity contribution is -0.137. The van der Waals surface area contributed by atoms with Crippen molar-refractivity contribution in [2.24, 2.45) is 11.8 Å². The van der Waals surface area contributed by atoms with E-state index in [2.05, 4.69) is 54.8 Å². The summed E-state index contributed by atoms with van der Waals surface area (Å²) in [5, 5.41) is 0. The highest BCUT2D eigenvalue weighted by atomic mass is 16.2. The van der Waals surface area contributed by atoms with E-state index in [1.165, 1.54) is 62.7 Å². The number of nitrogens with zero attached hydrogens (tertiary/aromatic N) is 2. The van der Waals surface area contributed by atoms with Crippen molar-refractivity contribution in [1.82, 2.24) is 9.80 Å². The van der Waals surface area contributed by atoms with Crippen molar-refractivity contribution in [2.45, 2.75) is 71.8 Å². The van der Waals surface area contributed by atoms with Crippen LogP contribution < -0.4 is 0 Å². The summed E-state index contributed by atoms with van der Waals surface area (Å²) in [4.78, 5) is 17.7. The maximum atomic E-state index is 12.8. The average molecular weight is 371 g/mol. The fraction of sp³-hybridized carbons (Fsp3) is 0.708. The first-order chi connectivity index (χ1) is 13.0. The maximum Gasteiger partial charge on any atom is 0.225 e. The molecule has 1 heterocycles. The monoisotopic (exact) mass is 370 g/mol. The van der Waals surface area contributed by atoms with Crippen LogP contribution in [0.25, 0.3) is 0 Å². The molecule has 1 saturated carbocycles. The molecule has 0 N–H and O–H groups in total. The first-order valence-corrected chi connectivity index (χ1v) is 11.1. The number of rotatable bonds is 7. The topological polar surface area (TPSA) is 23.6 Å². The van der Waals surface area contributed by atoms with E-state index < -0.39 is 0 Å². The molecule has 1 aliphatic carbocycles. The summed E-state index contributed by atoms with van der Waals surface area (Å²) in [6.07, 6.45) is 8.65. The van der Waals surface area contributed by atoms with Gasteiger partial charge in [-0.25, -0.2) is 0 Å². The van der Waals surface area contributed by atoms with Crippen LogP contribution in [0.3, 0.4) is 0 Å². The van der Waals surface area contributed by atoms with E-state index in [9.17, 15) is 4.79 Å². The number of amides is 1. The molecular formula is C24H38N2O. The first kappa shape index (κ1) is 20.4. The summed E-state index contributed by atoms with van der Waals surface area (Å²) in [6, 6.07) is 9.26. The van der Waals surface area contributed by atoms with Crippen molar-refractivity contribution in [1.29, 1.82) is 0 Å². The van der Waals surface area contributed by atoms with Gasteiger partial charge in [-0.2, -0.15) is 0 Å². The van der Waals surface area contributed by atoms with Gasteiger partial charge in [0.25, 0.3) is 0 Å². The second-order valence-electron chi connectivity index (χ2n) is 9.05. The number of hydrogen-bond donors (Lipinski definition) is 0. The molecule has 1 aromatic carbocycles. The fourth-order valence-corrected chi connectivity index (χ4v) is 4.81. The van der Waals surface area contributed by atoms with Gasteiger partial charge in [0.2, 0.25) is 5.91 Å². The molecule has 1 saturated heterocycles. The van der Waals surface area contributed by atoms with E-state index >= 15 is 0 Å². The zero-order valence-corrected chi connectivity index (χ0v) is 17.6. The number of likely N-dealkylation sites (tertiary alicyclic amines) is 1. The van der Waals surface area contributed by atoms with Crippen LogP contribution in [-0.4, -0.2) is 47.9 Å². The molecule has 3 rings (SSSR count). The maximum absolute atomic E-state index is 12.8. The molecular weight excluding hydrogens is 332 g/mol. The minimum absolute atomic E-state index is 0.125. The van der Waals surface area contributed by atoms with Crippen LogP contribution in [-0.2, 0) is 11.2 Å². The van der Waals surface area contributed by atoms with Crippen LogP contribution in [0.15, 0.2) is 24.3 Å². The SMILES string of the molecule is Cc1ccccc1CCN1CCC(CN(C(=O)C(C)C)C2CCCC2)CC1. The van der Waals surface area contributed by atoms with Crippen molar-refractivity contribution < 1.29 is 4.79 Å². The van der Waals surface area contributed by atoms with Crippen LogP contribution in [0.5, 0.6) is 0 Å². The van der Waals surface area contributed by atoms with Crippen molar-refractivity contribution in [3.63, 3.8) is 0 Å². The van der Waals surface area contributed by atoms with Crippen LogP contribution in [0.1, 0.15) is 63.5 Å². The highest BCUT2D eigenvalue weighted by molar-refractivity contribution is 5.78. The Kier molecular flexibility index (Phi) is 7.34. The summed E-state index contributed by atoms with van der Waals surface area (Å²) in [5.41, 5.74) is 2.89. The molecule has 0 unspecified atom stereocenters. The Morgan fingerprint density at radius 3 is 2.41 bits per heavy atom. The Balaban J connectivity index is 1.47. The molecule has 0 atom stereocenters. The van der Waals surface area contributed by atoms with Gasteiger partial charge in [-0.15, -0.1) is 0 Å². The summed E-state index contributed by atoms with van der Waals surface area (Å²) in [5.74, 6) is 1.19. The fourth-order valence-electron chi connectivity index (χ4n) is 4.81. The van der Waals surface area contributed by atoms with Crippen LogP contribution >= 0.6 is 0 Å². The molecule has 1 aliphatic heterocycles. The molecule has 0 aromatic heterocycles. The van der Waals surface area contributed by atoms with Crippen LogP contribution in [0.4, 0.5) is 0 Å². The lowest BCUT2D eigenvalue weighted by Crippen LogP contribution is -2.46. The van der Waals surface area contributed by atoms with Gasteiger partial charge in [0.15, 0.2) is 0 Å². The summed E-state index contributed by atoms with van der Waals surface area (Å²) < 4.78 is 0. The van der Waals surface area contributed by atoms with Crippen molar-refractivity contribution in [3.05, 3.63) is 35.4 Å². The molecule has 1 aromatic rings. The number of carbonyl (C=O) groups is 1. The van der Waals surface area contributed by atoms with E-state index in [0.717, 1.165) is 19.5 Å². The molecule has 27 heavy (non-hydrogen) atoms. The van der Waals surface area contributed by atoms with Gasteiger partial charge in [-0.3, -0.25) is 4.79 Å². The van der Waals surface area contributed by atoms with Gasteiger partial charge < -0.3 is 9.80 Å². The van der Waals surface area contributed by atoms with E-state index in [4.69, 9.17) is 0 Å². The Morgan fingerprint density at radius 2 is 1.78 bits per heavy atom. The number of hydrogen-bond acceptors (Lipinski definition) is 2. The second-order valence-corrected chi connectivity index (χ2v) is 9.05. The van der Waals surface area contributed by atoms with Gasteiger partial charge in [0, 0.05) is 25.0 Å². The van der Waals surface area contributed by atoms with Crippen LogP contribution in [0, 0.1) is 18.8 Å². The molecule has 0 radical (unpaired) electrons. The Labute approximate surface area is 166 Å².